The van der Waals surface area contributed by atoms with Crippen molar-refractivity contribution >= 4 is 5.82 Å². The second-order valence-corrected chi connectivity index (χ2v) is 4.07. The number of aromatic nitrogens is 1. The van der Waals surface area contributed by atoms with Crippen molar-refractivity contribution in [1.29, 1.82) is 0 Å². The van der Waals surface area contributed by atoms with Crippen molar-refractivity contribution in [2.45, 2.75) is 37.8 Å². The van der Waals surface area contributed by atoms with Crippen LogP contribution in [0.15, 0.2) is 18.3 Å². The topological polar surface area (TPSA) is 71.2 Å². The van der Waals surface area contributed by atoms with Gasteiger partial charge in [-0.15, -0.1) is 0 Å². The maximum atomic E-state index is 9.56. The standard InChI is InChI=1S/C11H17N3O/c12-8-4-1-2-5-9(8)14-11-10(15)6-3-7-13-11/h3,6-9,15H,1-2,4-5,12H2,(H,13,14)/t8-,9-/m1/s1. The monoisotopic (exact) mass is 207 g/mol. The van der Waals surface area contributed by atoms with E-state index in [2.05, 4.69) is 10.3 Å². The molecule has 0 aliphatic heterocycles. The fourth-order valence-corrected chi connectivity index (χ4v) is 2.02. The zero-order valence-electron chi connectivity index (χ0n) is 8.69. The zero-order chi connectivity index (χ0) is 10.7. The molecule has 0 aromatic carbocycles. The summed E-state index contributed by atoms with van der Waals surface area (Å²) in [6.07, 6.45) is 6.16. The minimum atomic E-state index is 0.167. The van der Waals surface area contributed by atoms with Crippen molar-refractivity contribution < 1.29 is 5.11 Å². The van der Waals surface area contributed by atoms with Crippen LogP contribution in [0.3, 0.4) is 0 Å². The highest BCUT2D eigenvalue weighted by Gasteiger charge is 2.22. The largest absolute Gasteiger partial charge is 0.504 e. The first-order valence-corrected chi connectivity index (χ1v) is 5.43. The lowest BCUT2D eigenvalue weighted by Crippen LogP contribution is -2.42. The summed E-state index contributed by atoms with van der Waals surface area (Å²) in [5, 5.41) is 12.8. The third kappa shape index (κ3) is 2.39. The summed E-state index contributed by atoms with van der Waals surface area (Å²) < 4.78 is 0. The van der Waals surface area contributed by atoms with Gasteiger partial charge in [0.25, 0.3) is 0 Å². The van der Waals surface area contributed by atoms with E-state index in [1.54, 1.807) is 18.3 Å². The SMILES string of the molecule is N[C@@H]1CCCC[C@H]1Nc1ncccc1O. The molecule has 0 bridgehead atoms. The molecule has 1 fully saturated rings. The lowest BCUT2D eigenvalue weighted by atomic mass is 9.91. The Morgan fingerprint density at radius 1 is 1.40 bits per heavy atom. The summed E-state index contributed by atoms with van der Waals surface area (Å²) in [6.45, 7) is 0. The third-order valence-electron chi connectivity index (χ3n) is 2.93. The normalized spacial score (nSPS) is 26.2. The number of hydrogen-bond acceptors (Lipinski definition) is 4. The summed E-state index contributed by atoms with van der Waals surface area (Å²) in [5.74, 6) is 0.732. The van der Waals surface area contributed by atoms with E-state index >= 15 is 0 Å². The Kier molecular flexibility index (Phi) is 3.06. The van der Waals surface area contributed by atoms with Crippen LogP contribution in [0.4, 0.5) is 5.82 Å². The van der Waals surface area contributed by atoms with Crippen LogP contribution in [0.5, 0.6) is 5.75 Å². The van der Waals surface area contributed by atoms with E-state index in [-0.39, 0.29) is 17.8 Å². The highest BCUT2D eigenvalue weighted by atomic mass is 16.3. The van der Waals surface area contributed by atoms with Gasteiger partial charge in [-0.2, -0.15) is 0 Å². The molecular formula is C11H17N3O. The second-order valence-electron chi connectivity index (χ2n) is 4.07. The van der Waals surface area contributed by atoms with Gasteiger partial charge in [0.2, 0.25) is 0 Å². The van der Waals surface area contributed by atoms with E-state index in [0.717, 1.165) is 12.8 Å². The van der Waals surface area contributed by atoms with Crippen LogP contribution >= 0.6 is 0 Å². The first kappa shape index (κ1) is 10.2. The summed E-state index contributed by atoms with van der Waals surface area (Å²) in [7, 11) is 0. The van der Waals surface area contributed by atoms with Gasteiger partial charge in [-0.25, -0.2) is 4.98 Å². The Balaban J connectivity index is 2.04. The van der Waals surface area contributed by atoms with Crippen molar-refractivity contribution in [3.63, 3.8) is 0 Å². The number of rotatable bonds is 2. The van der Waals surface area contributed by atoms with Gasteiger partial charge in [-0.3, -0.25) is 0 Å². The zero-order valence-corrected chi connectivity index (χ0v) is 8.69. The van der Waals surface area contributed by atoms with Crippen molar-refractivity contribution in [2.75, 3.05) is 5.32 Å². The van der Waals surface area contributed by atoms with E-state index in [9.17, 15) is 5.11 Å². The number of pyridine rings is 1. The summed E-state index contributed by atoms with van der Waals surface area (Å²) in [5.41, 5.74) is 6.00. The van der Waals surface area contributed by atoms with Gasteiger partial charge in [0, 0.05) is 18.3 Å². The molecule has 82 valence electrons. The van der Waals surface area contributed by atoms with Crippen molar-refractivity contribution in [1.82, 2.24) is 4.98 Å². The Bertz CT molecular complexity index is 329. The van der Waals surface area contributed by atoms with Crippen LogP contribution in [0, 0.1) is 0 Å². The van der Waals surface area contributed by atoms with Crippen LogP contribution in [-0.4, -0.2) is 22.2 Å². The average Bonchev–Trinajstić information content (AvgIpc) is 2.24. The lowest BCUT2D eigenvalue weighted by Gasteiger charge is -2.29. The van der Waals surface area contributed by atoms with Crippen molar-refractivity contribution in [3.05, 3.63) is 18.3 Å². The maximum absolute atomic E-state index is 9.56. The number of anilines is 1. The fourth-order valence-electron chi connectivity index (χ4n) is 2.02. The quantitative estimate of drug-likeness (QED) is 0.686. The second kappa shape index (κ2) is 4.49. The van der Waals surface area contributed by atoms with E-state index < -0.39 is 0 Å². The highest BCUT2D eigenvalue weighted by molar-refractivity contribution is 5.49. The van der Waals surface area contributed by atoms with E-state index in [1.165, 1.54) is 12.8 Å². The Morgan fingerprint density at radius 2 is 2.20 bits per heavy atom. The molecule has 1 saturated carbocycles. The number of nitrogens with two attached hydrogens (primary N) is 1. The smallest absolute Gasteiger partial charge is 0.168 e. The summed E-state index contributed by atoms with van der Waals surface area (Å²) >= 11 is 0. The lowest BCUT2D eigenvalue weighted by molar-refractivity contribution is 0.400. The molecule has 0 saturated heterocycles. The molecule has 0 radical (unpaired) electrons. The number of nitrogens with one attached hydrogen (secondary N) is 1. The van der Waals surface area contributed by atoms with Gasteiger partial charge in [0.1, 0.15) is 0 Å². The molecule has 0 spiro atoms. The van der Waals surface area contributed by atoms with Crippen LogP contribution in [0.25, 0.3) is 0 Å². The van der Waals surface area contributed by atoms with Crippen molar-refractivity contribution in [3.8, 4) is 5.75 Å². The fraction of sp³-hybridized carbons (Fsp3) is 0.545. The van der Waals surface area contributed by atoms with Gasteiger partial charge >= 0.3 is 0 Å². The molecule has 1 aliphatic rings. The maximum Gasteiger partial charge on any atom is 0.168 e. The Morgan fingerprint density at radius 3 is 2.93 bits per heavy atom. The minimum Gasteiger partial charge on any atom is -0.504 e. The summed E-state index contributed by atoms with van der Waals surface area (Å²) in [4.78, 5) is 4.09. The molecule has 1 heterocycles. The van der Waals surface area contributed by atoms with Gasteiger partial charge in [0.05, 0.1) is 0 Å². The van der Waals surface area contributed by atoms with Crippen LogP contribution in [0.2, 0.25) is 0 Å². The van der Waals surface area contributed by atoms with Gasteiger partial charge in [-0.1, -0.05) is 12.8 Å². The molecule has 1 aliphatic carbocycles. The predicted octanol–water partition coefficient (Wildman–Crippen LogP) is 1.47. The predicted molar refractivity (Wildman–Crippen MR) is 59.8 cm³/mol. The number of aromatic hydroxyl groups is 1. The molecule has 4 N–H and O–H groups in total. The van der Waals surface area contributed by atoms with Crippen LogP contribution in [-0.2, 0) is 0 Å². The molecule has 1 aromatic rings. The molecule has 15 heavy (non-hydrogen) atoms. The molecule has 4 heteroatoms. The van der Waals surface area contributed by atoms with Crippen molar-refractivity contribution in [2.24, 2.45) is 5.73 Å². The molecule has 0 amide bonds. The first-order valence-electron chi connectivity index (χ1n) is 5.43. The van der Waals surface area contributed by atoms with Gasteiger partial charge < -0.3 is 16.2 Å². The number of hydrogen-bond donors (Lipinski definition) is 3. The van der Waals surface area contributed by atoms with Crippen LogP contribution < -0.4 is 11.1 Å². The Labute approximate surface area is 89.5 Å². The van der Waals surface area contributed by atoms with E-state index in [1.807, 2.05) is 0 Å². The summed E-state index contributed by atoms with van der Waals surface area (Å²) in [6, 6.07) is 3.74. The van der Waals surface area contributed by atoms with E-state index in [0.29, 0.717) is 5.82 Å². The number of nitrogens with zero attached hydrogens (tertiary/aromatic N) is 1. The third-order valence-corrected chi connectivity index (χ3v) is 2.93. The molecule has 1 aromatic heterocycles. The molecule has 0 unspecified atom stereocenters. The molecular weight excluding hydrogens is 190 g/mol. The average molecular weight is 207 g/mol. The van der Waals surface area contributed by atoms with Crippen LogP contribution in [0.1, 0.15) is 25.7 Å². The minimum absolute atomic E-state index is 0.167. The molecule has 2 rings (SSSR count). The molecule has 4 nitrogen and oxygen atoms in total. The highest BCUT2D eigenvalue weighted by Crippen LogP contribution is 2.24. The molecule has 2 atom stereocenters. The van der Waals surface area contributed by atoms with E-state index in [4.69, 9.17) is 5.73 Å². The van der Waals surface area contributed by atoms with Gasteiger partial charge in [-0.05, 0) is 25.0 Å². The van der Waals surface area contributed by atoms with Gasteiger partial charge in [0.15, 0.2) is 11.6 Å². The Hall–Kier alpha value is -1.29. The first-order chi connectivity index (χ1) is 7.27.